The van der Waals surface area contributed by atoms with Crippen LogP contribution in [0.1, 0.15) is 54.4 Å². The summed E-state index contributed by atoms with van der Waals surface area (Å²) in [4.78, 5) is 14.5. The minimum atomic E-state index is 0.0147. The molecule has 1 heterocycles. The maximum atomic E-state index is 12.4. The first kappa shape index (κ1) is 15.5. The molecule has 0 radical (unpaired) electrons. The van der Waals surface area contributed by atoms with Crippen molar-refractivity contribution in [2.45, 2.75) is 66.6 Å². The number of hydrogen-bond acceptors (Lipinski definition) is 2. The van der Waals surface area contributed by atoms with Crippen molar-refractivity contribution >= 4 is 5.91 Å². The molecule has 1 N–H and O–H groups in total. The zero-order valence-electron chi connectivity index (χ0n) is 12.9. The maximum absolute atomic E-state index is 12.4. The minimum Gasteiger partial charge on any atom is -0.326 e. The first-order chi connectivity index (χ1) is 8.32. The molecule has 18 heavy (non-hydrogen) atoms. The lowest BCUT2D eigenvalue weighted by Gasteiger charge is -2.26. The zero-order chi connectivity index (χ0) is 13.9. The van der Waals surface area contributed by atoms with Gasteiger partial charge in [-0.15, -0.1) is 0 Å². The van der Waals surface area contributed by atoms with E-state index in [1.807, 2.05) is 0 Å². The second-order valence-corrected chi connectivity index (χ2v) is 6.75. The Balaban J connectivity index is 2.70. The fraction of sp³-hybridized carbons (Fsp3) is 0.933. The maximum Gasteiger partial charge on any atom is 0.241 e. The van der Waals surface area contributed by atoms with Crippen LogP contribution in [-0.2, 0) is 4.79 Å². The molecule has 3 nitrogen and oxygen atoms in total. The molecule has 1 aliphatic rings. The van der Waals surface area contributed by atoms with Crippen LogP contribution < -0.4 is 5.32 Å². The van der Waals surface area contributed by atoms with E-state index in [-0.39, 0.29) is 12.2 Å². The number of amides is 1. The van der Waals surface area contributed by atoms with Gasteiger partial charge in [0.1, 0.15) is 0 Å². The molecule has 0 saturated carbocycles. The van der Waals surface area contributed by atoms with Gasteiger partial charge in [0.2, 0.25) is 5.91 Å². The van der Waals surface area contributed by atoms with Crippen LogP contribution in [0.15, 0.2) is 0 Å². The number of carbonyl (C=O) groups excluding carboxylic acids is 1. The molecule has 106 valence electrons. The predicted octanol–water partition coefficient (Wildman–Crippen LogP) is 2.86. The van der Waals surface area contributed by atoms with Crippen LogP contribution >= 0.6 is 0 Å². The molecule has 0 aromatic carbocycles. The van der Waals surface area contributed by atoms with E-state index in [2.05, 4.69) is 51.8 Å². The van der Waals surface area contributed by atoms with Crippen molar-refractivity contribution in [2.24, 2.45) is 17.8 Å². The summed E-state index contributed by atoms with van der Waals surface area (Å²) in [6.45, 7) is 14.0. The Morgan fingerprint density at radius 3 is 2.17 bits per heavy atom. The van der Waals surface area contributed by atoms with Gasteiger partial charge in [-0.2, -0.15) is 0 Å². The molecule has 0 bridgehead atoms. The highest BCUT2D eigenvalue weighted by Gasteiger charge is 2.39. The Kier molecular flexibility index (Phi) is 5.64. The van der Waals surface area contributed by atoms with E-state index in [0.717, 1.165) is 19.4 Å². The summed E-state index contributed by atoms with van der Waals surface area (Å²) in [5.74, 6) is 1.94. The second kappa shape index (κ2) is 6.55. The summed E-state index contributed by atoms with van der Waals surface area (Å²) >= 11 is 0. The van der Waals surface area contributed by atoms with Gasteiger partial charge in [-0.25, -0.2) is 0 Å². The summed E-state index contributed by atoms with van der Waals surface area (Å²) in [7, 11) is 0. The molecule has 3 heteroatoms. The summed E-state index contributed by atoms with van der Waals surface area (Å²) in [5, 5.41) is 3.52. The Hall–Kier alpha value is -0.570. The van der Waals surface area contributed by atoms with E-state index >= 15 is 0 Å². The first-order valence-electron chi connectivity index (χ1n) is 7.39. The third-order valence-corrected chi connectivity index (χ3v) is 3.61. The van der Waals surface area contributed by atoms with Crippen molar-refractivity contribution in [1.29, 1.82) is 0 Å². The Bertz CT molecular complexity index is 274. The zero-order valence-corrected chi connectivity index (χ0v) is 12.9. The van der Waals surface area contributed by atoms with Crippen molar-refractivity contribution in [2.75, 3.05) is 6.54 Å². The molecule has 1 rings (SSSR count). The molecular weight excluding hydrogens is 224 g/mol. The lowest BCUT2D eigenvalue weighted by molar-refractivity contribution is -0.131. The molecule has 0 aromatic rings. The molecule has 1 saturated heterocycles. The van der Waals surface area contributed by atoms with Crippen LogP contribution in [0.4, 0.5) is 0 Å². The van der Waals surface area contributed by atoms with E-state index in [4.69, 9.17) is 0 Å². The highest BCUT2D eigenvalue weighted by molar-refractivity contribution is 5.84. The van der Waals surface area contributed by atoms with Gasteiger partial charge in [-0.05, 0) is 30.6 Å². The Morgan fingerprint density at radius 1 is 1.11 bits per heavy atom. The van der Waals surface area contributed by atoms with Gasteiger partial charge < -0.3 is 4.90 Å². The third kappa shape index (κ3) is 3.98. The van der Waals surface area contributed by atoms with Crippen LogP contribution in [0.5, 0.6) is 0 Å². The number of nitrogens with one attached hydrogen (secondary N) is 1. The van der Waals surface area contributed by atoms with Crippen molar-refractivity contribution in [3.63, 3.8) is 0 Å². The Morgan fingerprint density at radius 2 is 1.72 bits per heavy atom. The largest absolute Gasteiger partial charge is 0.326 e. The van der Waals surface area contributed by atoms with Gasteiger partial charge in [0.05, 0.1) is 12.2 Å². The predicted molar refractivity (Wildman–Crippen MR) is 76.2 cm³/mol. The molecule has 2 unspecified atom stereocenters. The van der Waals surface area contributed by atoms with Gasteiger partial charge in [0, 0.05) is 6.54 Å². The normalized spacial score (nSPS) is 24.9. The summed E-state index contributed by atoms with van der Waals surface area (Å²) in [6.07, 6.45) is 2.38. The summed E-state index contributed by atoms with van der Waals surface area (Å²) in [5.41, 5.74) is 0. The average molecular weight is 254 g/mol. The molecule has 0 aliphatic carbocycles. The topological polar surface area (TPSA) is 32.3 Å². The first-order valence-corrected chi connectivity index (χ1v) is 7.39. The van der Waals surface area contributed by atoms with Crippen LogP contribution in [-0.4, -0.2) is 29.6 Å². The third-order valence-electron chi connectivity index (χ3n) is 3.61. The van der Waals surface area contributed by atoms with Crippen molar-refractivity contribution in [3.8, 4) is 0 Å². The van der Waals surface area contributed by atoms with E-state index in [9.17, 15) is 4.79 Å². The van der Waals surface area contributed by atoms with E-state index in [0.29, 0.717) is 23.7 Å². The van der Waals surface area contributed by atoms with Gasteiger partial charge in [0.25, 0.3) is 0 Å². The minimum absolute atomic E-state index is 0.0147. The molecule has 2 atom stereocenters. The highest BCUT2D eigenvalue weighted by Crippen LogP contribution is 2.22. The van der Waals surface area contributed by atoms with Gasteiger partial charge in [-0.3, -0.25) is 10.1 Å². The van der Waals surface area contributed by atoms with Crippen molar-refractivity contribution in [1.82, 2.24) is 10.2 Å². The van der Waals surface area contributed by atoms with Crippen LogP contribution in [0.2, 0.25) is 0 Å². The molecule has 1 amide bonds. The Labute approximate surface area is 112 Å². The number of rotatable bonds is 6. The van der Waals surface area contributed by atoms with E-state index in [1.54, 1.807) is 0 Å². The van der Waals surface area contributed by atoms with Gasteiger partial charge >= 0.3 is 0 Å². The quantitative estimate of drug-likeness (QED) is 0.790. The average Bonchev–Trinajstić information content (AvgIpc) is 2.52. The van der Waals surface area contributed by atoms with E-state index < -0.39 is 0 Å². The molecule has 0 spiro atoms. The molecular formula is C15H30N2O. The number of nitrogens with zero attached hydrogens (tertiary/aromatic N) is 1. The van der Waals surface area contributed by atoms with E-state index in [1.165, 1.54) is 0 Å². The highest BCUT2D eigenvalue weighted by atomic mass is 16.2. The van der Waals surface area contributed by atoms with Crippen LogP contribution in [0.3, 0.4) is 0 Å². The number of hydrogen-bond donors (Lipinski definition) is 1. The molecule has 1 fully saturated rings. The lowest BCUT2D eigenvalue weighted by atomic mass is 10.0. The lowest BCUT2D eigenvalue weighted by Crippen LogP contribution is -2.39. The fourth-order valence-corrected chi connectivity index (χ4v) is 2.48. The van der Waals surface area contributed by atoms with Gasteiger partial charge in [0.15, 0.2) is 0 Å². The summed E-state index contributed by atoms with van der Waals surface area (Å²) < 4.78 is 0. The SMILES string of the molecule is CC(C)CCN1C(=O)C(C(C)C)NC1CC(C)C. The smallest absolute Gasteiger partial charge is 0.241 e. The monoisotopic (exact) mass is 254 g/mol. The van der Waals surface area contributed by atoms with Crippen molar-refractivity contribution < 1.29 is 4.79 Å². The van der Waals surface area contributed by atoms with Crippen LogP contribution in [0.25, 0.3) is 0 Å². The standard InChI is InChI=1S/C15H30N2O/c1-10(2)7-8-17-13(9-11(3)4)16-14(12(5)6)15(17)18/h10-14,16H,7-9H2,1-6H3. The summed E-state index contributed by atoms with van der Waals surface area (Å²) in [6, 6.07) is 0.0147. The van der Waals surface area contributed by atoms with Crippen LogP contribution in [0, 0.1) is 17.8 Å². The van der Waals surface area contributed by atoms with Crippen molar-refractivity contribution in [3.05, 3.63) is 0 Å². The fourth-order valence-electron chi connectivity index (χ4n) is 2.48. The molecule has 0 aromatic heterocycles. The number of carbonyl (C=O) groups is 1. The van der Waals surface area contributed by atoms with Gasteiger partial charge in [-0.1, -0.05) is 41.5 Å². The second-order valence-electron chi connectivity index (χ2n) is 6.75. The molecule has 1 aliphatic heterocycles.